The summed E-state index contributed by atoms with van der Waals surface area (Å²) < 4.78 is 13.0. The Labute approximate surface area is 133 Å². The van der Waals surface area contributed by atoms with Crippen LogP contribution < -0.4 is 0 Å². The molecule has 2 amide bonds. The number of nitrogens with zero attached hydrogens (tertiary/aromatic N) is 2. The maximum Gasteiger partial charge on any atom is 0.254 e. The smallest absolute Gasteiger partial charge is 0.254 e. The highest BCUT2D eigenvalue weighted by atomic mass is 32.2. The minimum atomic E-state index is -0.364. The van der Waals surface area contributed by atoms with Crippen LogP contribution in [0.5, 0.6) is 0 Å². The summed E-state index contributed by atoms with van der Waals surface area (Å²) >= 11 is 1.85. The number of amides is 2. The van der Waals surface area contributed by atoms with E-state index in [-0.39, 0.29) is 23.7 Å². The standard InChI is InChI=1S/C16H19FN2O2S/c17-13-5-3-12(4-6-13)15(20)19-7-1-2-14(19)16(21)18-8-10-22-11-9-18/h3-6,14H,1-2,7-11H2. The van der Waals surface area contributed by atoms with Gasteiger partial charge in [0.25, 0.3) is 5.91 Å². The topological polar surface area (TPSA) is 40.6 Å². The Balaban J connectivity index is 1.73. The fourth-order valence-electron chi connectivity index (χ4n) is 3.02. The molecule has 0 aliphatic carbocycles. The van der Waals surface area contributed by atoms with Gasteiger partial charge in [-0.05, 0) is 37.1 Å². The fourth-order valence-corrected chi connectivity index (χ4v) is 3.92. The van der Waals surface area contributed by atoms with E-state index in [1.165, 1.54) is 24.3 Å². The number of likely N-dealkylation sites (tertiary alicyclic amines) is 1. The third-order valence-corrected chi connectivity index (χ3v) is 5.16. The van der Waals surface area contributed by atoms with Gasteiger partial charge in [0.15, 0.2) is 0 Å². The fraction of sp³-hybridized carbons (Fsp3) is 0.500. The van der Waals surface area contributed by atoms with Gasteiger partial charge in [-0.2, -0.15) is 11.8 Å². The molecule has 2 aliphatic heterocycles. The van der Waals surface area contributed by atoms with E-state index in [0.717, 1.165) is 37.4 Å². The Hall–Kier alpha value is -1.56. The number of hydrogen-bond donors (Lipinski definition) is 0. The minimum Gasteiger partial charge on any atom is -0.339 e. The Morgan fingerprint density at radius 1 is 1.09 bits per heavy atom. The number of carbonyl (C=O) groups excluding carboxylic acids is 2. The van der Waals surface area contributed by atoms with Crippen molar-refractivity contribution in [1.82, 2.24) is 9.80 Å². The summed E-state index contributed by atoms with van der Waals surface area (Å²) in [4.78, 5) is 28.8. The molecule has 22 heavy (non-hydrogen) atoms. The van der Waals surface area contributed by atoms with Crippen LogP contribution in [0.1, 0.15) is 23.2 Å². The lowest BCUT2D eigenvalue weighted by Crippen LogP contribution is -2.50. The van der Waals surface area contributed by atoms with Gasteiger partial charge in [0, 0.05) is 36.7 Å². The number of halogens is 1. The highest BCUT2D eigenvalue weighted by Crippen LogP contribution is 2.23. The monoisotopic (exact) mass is 322 g/mol. The van der Waals surface area contributed by atoms with Crippen molar-refractivity contribution in [3.05, 3.63) is 35.6 Å². The van der Waals surface area contributed by atoms with Crippen LogP contribution in [0.15, 0.2) is 24.3 Å². The maximum absolute atomic E-state index is 13.0. The third-order valence-electron chi connectivity index (χ3n) is 4.21. The summed E-state index contributed by atoms with van der Waals surface area (Å²) in [5.74, 6) is 1.45. The van der Waals surface area contributed by atoms with Crippen molar-refractivity contribution in [2.45, 2.75) is 18.9 Å². The van der Waals surface area contributed by atoms with E-state index in [9.17, 15) is 14.0 Å². The van der Waals surface area contributed by atoms with Gasteiger partial charge in [0.2, 0.25) is 5.91 Å². The van der Waals surface area contributed by atoms with Gasteiger partial charge in [0.05, 0.1) is 0 Å². The highest BCUT2D eigenvalue weighted by Gasteiger charge is 2.37. The molecule has 3 rings (SSSR count). The molecular formula is C16H19FN2O2S. The molecule has 1 aromatic carbocycles. The average Bonchev–Trinajstić information content (AvgIpc) is 3.04. The van der Waals surface area contributed by atoms with E-state index < -0.39 is 0 Å². The first-order chi connectivity index (χ1) is 10.7. The van der Waals surface area contributed by atoms with Gasteiger partial charge >= 0.3 is 0 Å². The molecule has 2 fully saturated rings. The molecule has 1 unspecified atom stereocenters. The molecule has 1 aromatic rings. The van der Waals surface area contributed by atoms with E-state index in [1.807, 2.05) is 16.7 Å². The van der Waals surface area contributed by atoms with Gasteiger partial charge in [-0.1, -0.05) is 0 Å². The van der Waals surface area contributed by atoms with Crippen molar-refractivity contribution in [2.24, 2.45) is 0 Å². The normalized spacial score (nSPS) is 22.0. The molecule has 0 radical (unpaired) electrons. The van der Waals surface area contributed by atoms with E-state index >= 15 is 0 Å². The minimum absolute atomic E-state index is 0.0632. The molecule has 0 spiro atoms. The van der Waals surface area contributed by atoms with E-state index in [0.29, 0.717) is 12.1 Å². The third kappa shape index (κ3) is 3.11. The maximum atomic E-state index is 13.0. The molecular weight excluding hydrogens is 303 g/mol. The summed E-state index contributed by atoms with van der Waals surface area (Å²) in [6.45, 7) is 2.12. The van der Waals surface area contributed by atoms with Crippen molar-refractivity contribution < 1.29 is 14.0 Å². The number of hydrogen-bond acceptors (Lipinski definition) is 3. The van der Waals surface area contributed by atoms with Crippen LogP contribution in [0, 0.1) is 5.82 Å². The van der Waals surface area contributed by atoms with Crippen molar-refractivity contribution in [2.75, 3.05) is 31.1 Å². The molecule has 0 aromatic heterocycles. The van der Waals surface area contributed by atoms with Crippen LogP contribution >= 0.6 is 11.8 Å². The molecule has 1 atom stereocenters. The van der Waals surface area contributed by atoms with Crippen LogP contribution in [0.3, 0.4) is 0 Å². The van der Waals surface area contributed by atoms with Gasteiger partial charge in [-0.3, -0.25) is 9.59 Å². The van der Waals surface area contributed by atoms with Crippen molar-refractivity contribution >= 4 is 23.6 Å². The Bertz CT molecular complexity index is 558. The molecule has 2 heterocycles. The van der Waals surface area contributed by atoms with Gasteiger partial charge < -0.3 is 9.80 Å². The quantitative estimate of drug-likeness (QED) is 0.836. The second-order valence-electron chi connectivity index (χ2n) is 5.60. The second kappa shape index (κ2) is 6.69. The first kappa shape index (κ1) is 15.3. The number of rotatable bonds is 2. The Morgan fingerprint density at radius 2 is 1.77 bits per heavy atom. The number of thioether (sulfide) groups is 1. The molecule has 4 nitrogen and oxygen atoms in total. The molecule has 2 aliphatic rings. The van der Waals surface area contributed by atoms with Gasteiger partial charge in [0.1, 0.15) is 11.9 Å². The van der Waals surface area contributed by atoms with Crippen LogP contribution in [0.25, 0.3) is 0 Å². The number of benzene rings is 1. The lowest BCUT2D eigenvalue weighted by molar-refractivity contribution is -0.134. The van der Waals surface area contributed by atoms with Crippen LogP contribution in [-0.4, -0.2) is 58.8 Å². The predicted molar refractivity (Wildman–Crippen MR) is 84.4 cm³/mol. The molecule has 2 saturated heterocycles. The molecule has 0 N–H and O–H groups in total. The molecule has 118 valence electrons. The molecule has 0 bridgehead atoms. The van der Waals surface area contributed by atoms with E-state index in [1.54, 1.807) is 4.90 Å². The van der Waals surface area contributed by atoms with Crippen molar-refractivity contribution in [3.8, 4) is 0 Å². The Kier molecular flexibility index (Phi) is 4.66. The zero-order valence-electron chi connectivity index (χ0n) is 12.3. The van der Waals surface area contributed by atoms with Crippen LogP contribution in [0.4, 0.5) is 4.39 Å². The van der Waals surface area contributed by atoms with E-state index in [4.69, 9.17) is 0 Å². The zero-order chi connectivity index (χ0) is 15.5. The SMILES string of the molecule is O=C(C1CCCN1C(=O)c1ccc(F)cc1)N1CCSCC1. The highest BCUT2D eigenvalue weighted by molar-refractivity contribution is 7.99. The summed E-state index contributed by atoms with van der Waals surface area (Å²) in [7, 11) is 0. The van der Waals surface area contributed by atoms with E-state index in [2.05, 4.69) is 0 Å². The first-order valence-corrected chi connectivity index (χ1v) is 8.75. The lowest BCUT2D eigenvalue weighted by atomic mass is 10.1. The first-order valence-electron chi connectivity index (χ1n) is 7.60. The summed E-state index contributed by atoms with van der Waals surface area (Å²) in [5.41, 5.74) is 0.440. The van der Waals surface area contributed by atoms with Crippen molar-refractivity contribution in [3.63, 3.8) is 0 Å². The van der Waals surface area contributed by atoms with Crippen molar-refractivity contribution in [1.29, 1.82) is 0 Å². The predicted octanol–water partition coefficient (Wildman–Crippen LogP) is 2.01. The zero-order valence-corrected chi connectivity index (χ0v) is 13.2. The Morgan fingerprint density at radius 3 is 2.45 bits per heavy atom. The molecule has 0 saturated carbocycles. The second-order valence-corrected chi connectivity index (χ2v) is 6.83. The summed E-state index contributed by atoms with van der Waals surface area (Å²) in [5, 5.41) is 0. The van der Waals surface area contributed by atoms with Crippen LogP contribution in [-0.2, 0) is 4.79 Å². The largest absolute Gasteiger partial charge is 0.339 e. The van der Waals surface area contributed by atoms with Crippen LogP contribution in [0.2, 0.25) is 0 Å². The number of carbonyl (C=O) groups is 2. The van der Waals surface area contributed by atoms with Gasteiger partial charge in [-0.15, -0.1) is 0 Å². The van der Waals surface area contributed by atoms with Gasteiger partial charge in [-0.25, -0.2) is 4.39 Å². The lowest BCUT2D eigenvalue weighted by Gasteiger charge is -2.32. The summed E-state index contributed by atoms with van der Waals surface area (Å²) in [6, 6.07) is 5.16. The average molecular weight is 322 g/mol. The summed E-state index contributed by atoms with van der Waals surface area (Å²) in [6.07, 6.45) is 1.56. The molecule has 6 heteroatoms.